The van der Waals surface area contributed by atoms with Crippen LogP contribution >= 0.6 is 0 Å². The molecular weight excluding hydrogens is 852 g/mol. The van der Waals surface area contributed by atoms with Crippen LogP contribution in [0.1, 0.15) is 13.8 Å². The Morgan fingerprint density at radius 3 is 1.35 bits per heavy atom. The van der Waals surface area contributed by atoms with E-state index in [0.29, 0.717) is 0 Å². The van der Waals surface area contributed by atoms with Crippen LogP contribution in [0.25, 0.3) is 0 Å². The van der Waals surface area contributed by atoms with Crippen molar-refractivity contribution in [3.63, 3.8) is 0 Å². The van der Waals surface area contributed by atoms with Gasteiger partial charge in [0.05, 0.1) is 33.0 Å². The first-order valence-corrected chi connectivity index (χ1v) is 19.6. The monoisotopic (exact) mass is 910 g/mol. The first kappa shape index (κ1) is 51.0. The molecule has 0 aromatic carbocycles. The summed E-state index contributed by atoms with van der Waals surface area (Å²) in [7, 11) is 0. The molecule has 25 atom stereocenters. The molecule has 17 N–H and O–H groups in total. The molecule has 5 aliphatic heterocycles. The van der Waals surface area contributed by atoms with Gasteiger partial charge < -0.3 is 130 Å². The summed E-state index contributed by atoms with van der Waals surface area (Å²) >= 11 is 0. The highest BCUT2D eigenvalue weighted by Crippen LogP contribution is 2.35. The van der Waals surface area contributed by atoms with Crippen LogP contribution < -0.4 is 10.6 Å². The molecule has 5 heterocycles. The lowest BCUT2D eigenvalue weighted by Crippen LogP contribution is -2.70. The summed E-state index contributed by atoms with van der Waals surface area (Å²) in [6.07, 6.45) is -42.3. The molecule has 1 unspecified atom stereocenters. The molecule has 0 saturated carbocycles. The first-order valence-electron chi connectivity index (χ1n) is 19.6. The van der Waals surface area contributed by atoms with Crippen molar-refractivity contribution in [2.75, 3.05) is 33.0 Å². The molecule has 5 aliphatic rings. The molecule has 0 aromatic rings. The number of carbonyl (C=O) groups is 2. The Balaban J connectivity index is 1.41. The average molecular weight is 911 g/mol. The van der Waals surface area contributed by atoms with E-state index in [1.807, 2.05) is 0 Å². The minimum Gasteiger partial charge on any atom is -0.394 e. The van der Waals surface area contributed by atoms with E-state index < -0.39 is 198 Å². The maximum atomic E-state index is 12.4. The average Bonchev–Trinajstić information content (AvgIpc) is 3.23. The van der Waals surface area contributed by atoms with E-state index >= 15 is 0 Å². The van der Waals surface area contributed by atoms with Crippen molar-refractivity contribution < 1.29 is 129 Å². The Bertz CT molecular complexity index is 1440. The number of ether oxygens (including phenoxy) is 9. The topological polar surface area (TPSA) is 445 Å². The molecule has 0 aromatic heterocycles. The standard InChI is InChI=1S/C34H58N2O26/c1-8(41)35-15-20(46)27(12(5-39)55-30(15)53)60-31-16(36-9(2)42)21(47)28(13(6-40)58-31)61-34-26(52)29(62-33-25(51)23(49)18(44)11(4-38)57-33)19(45)14(59-34)7-54-32-24(50)22(48)17(43)10(3-37)56-32/h10-34,37-40,43-53H,3-7H2,1-2H3,(H,35,41)(H,36,42)/t10-,11-,12-,13-,14-,15-,16-,17-,18-,19-,20-,21-,22+,23+,24+,25+,26+,27-,28-,29+,30?,31+,32-,33+,34-/m1/s1. The van der Waals surface area contributed by atoms with Gasteiger partial charge in [-0.25, -0.2) is 0 Å². The molecular formula is C34H58N2O26. The summed E-state index contributed by atoms with van der Waals surface area (Å²) in [5.41, 5.74) is 0. The largest absolute Gasteiger partial charge is 0.394 e. The van der Waals surface area contributed by atoms with Crippen molar-refractivity contribution in [2.45, 2.75) is 167 Å². The second kappa shape index (κ2) is 22.0. The zero-order valence-electron chi connectivity index (χ0n) is 33.2. The lowest BCUT2D eigenvalue weighted by molar-refractivity contribution is -0.384. The molecule has 5 rings (SSSR count). The molecule has 0 radical (unpaired) electrons. The third-order valence-corrected chi connectivity index (χ3v) is 11.1. The van der Waals surface area contributed by atoms with Gasteiger partial charge in [-0.3, -0.25) is 9.59 Å². The molecule has 2 amide bonds. The number of rotatable bonds is 15. The molecule has 5 fully saturated rings. The van der Waals surface area contributed by atoms with Crippen LogP contribution in [0, 0.1) is 0 Å². The number of nitrogens with one attached hydrogen (secondary N) is 2. The molecule has 28 nitrogen and oxygen atoms in total. The van der Waals surface area contributed by atoms with Crippen molar-refractivity contribution in [2.24, 2.45) is 0 Å². The maximum absolute atomic E-state index is 12.4. The molecule has 62 heavy (non-hydrogen) atoms. The van der Waals surface area contributed by atoms with Crippen molar-refractivity contribution in [3.05, 3.63) is 0 Å². The Labute approximate surface area is 351 Å². The predicted molar refractivity (Wildman–Crippen MR) is 190 cm³/mol. The smallest absolute Gasteiger partial charge is 0.217 e. The van der Waals surface area contributed by atoms with E-state index in [1.165, 1.54) is 0 Å². The molecule has 0 aliphatic carbocycles. The summed E-state index contributed by atoms with van der Waals surface area (Å²) in [4.78, 5) is 24.2. The Morgan fingerprint density at radius 2 is 0.823 bits per heavy atom. The van der Waals surface area contributed by atoms with Gasteiger partial charge in [0.25, 0.3) is 0 Å². The van der Waals surface area contributed by atoms with Crippen molar-refractivity contribution in [3.8, 4) is 0 Å². The van der Waals surface area contributed by atoms with Gasteiger partial charge in [0, 0.05) is 13.8 Å². The van der Waals surface area contributed by atoms with Crippen LogP contribution in [0.3, 0.4) is 0 Å². The molecule has 5 saturated heterocycles. The summed E-state index contributed by atoms with van der Waals surface area (Å²) < 4.78 is 50.8. The predicted octanol–water partition coefficient (Wildman–Crippen LogP) is -11.6. The van der Waals surface area contributed by atoms with E-state index in [2.05, 4.69) is 10.6 Å². The Morgan fingerprint density at radius 1 is 0.419 bits per heavy atom. The second-order valence-electron chi connectivity index (χ2n) is 15.5. The SMILES string of the molecule is CC(=O)N[C@H]1[C@H](O[C@H]2[C@H](O)[C@@H](NC(C)=O)C(O)O[C@@H]2CO)O[C@H](CO)[C@@H](O[C@H]2O[C@H](CO[C@@H]3O[C@H](CO)[C@@H](O)[C@H](O)[C@@H]3O)[C@@H](O)[C@H](O[C@@H]3O[C@H](CO)[C@@H](O)[C@H](O)[C@@H]3O)[C@@H]2O)[C@@H]1O. The summed E-state index contributed by atoms with van der Waals surface area (Å²) in [5.74, 6) is -1.49. The van der Waals surface area contributed by atoms with Crippen molar-refractivity contribution >= 4 is 11.8 Å². The summed E-state index contributed by atoms with van der Waals surface area (Å²) in [6, 6.07) is -3.19. The summed E-state index contributed by atoms with van der Waals surface area (Å²) in [5, 5.41) is 163. The molecule has 0 spiro atoms. The van der Waals surface area contributed by atoms with Gasteiger partial charge in [-0.1, -0.05) is 0 Å². The van der Waals surface area contributed by atoms with E-state index in [0.717, 1.165) is 13.8 Å². The number of hydrogen-bond acceptors (Lipinski definition) is 26. The number of carbonyl (C=O) groups excluding carboxylic acids is 2. The quantitative estimate of drug-likeness (QED) is 0.0725. The molecule has 360 valence electrons. The Kier molecular flexibility index (Phi) is 18.1. The minimum atomic E-state index is -2.18. The van der Waals surface area contributed by atoms with Crippen LogP contribution in [-0.2, 0) is 52.2 Å². The number of hydrogen-bond donors (Lipinski definition) is 17. The second-order valence-corrected chi connectivity index (χ2v) is 15.5. The fraction of sp³-hybridized carbons (Fsp3) is 0.941. The van der Waals surface area contributed by atoms with E-state index in [1.54, 1.807) is 0 Å². The van der Waals surface area contributed by atoms with Crippen LogP contribution in [0.5, 0.6) is 0 Å². The van der Waals surface area contributed by atoms with Crippen molar-refractivity contribution in [1.82, 2.24) is 10.6 Å². The van der Waals surface area contributed by atoms with Crippen LogP contribution in [0.15, 0.2) is 0 Å². The number of aliphatic hydroxyl groups is 15. The van der Waals surface area contributed by atoms with Gasteiger partial charge in [0.15, 0.2) is 31.5 Å². The van der Waals surface area contributed by atoms with Gasteiger partial charge >= 0.3 is 0 Å². The van der Waals surface area contributed by atoms with Crippen LogP contribution in [-0.4, -0.2) is 275 Å². The van der Waals surface area contributed by atoms with Gasteiger partial charge in [0.2, 0.25) is 11.8 Å². The highest BCUT2D eigenvalue weighted by atomic mass is 16.8. The number of aliphatic hydroxyl groups excluding tert-OH is 15. The fourth-order valence-electron chi connectivity index (χ4n) is 7.73. The van der Waals surface area contributed by atoms with Gasteiger partial charge in [-0.15, -0.1) is 0 Å². The highest BCUT2D eigenvalue weighted by Gasteiger charge is 2.56. The van der Waals surface area contributed by atoms with Gasteiger partial charge in [0.1, 0.15) is 122 Å². The maximum Gasteiger partial charge on any atom is 0.217 e. The minimum absolute atomic E-state index is 0.693. The Hall–Kier alpha value is -2.02. The van der Waals surface area contributed by atoms with Crippen LogP contribution in [0.4, 0.5) is 0 Å². The lowest BCUT2D eigenvalue weighted by atomic mass is 9.94. The third-order valence-electron chi connectivity index (χ3n) is 11.1. The van der Waals surface area contributed by atoms with E-state index in [4.69, 9.17) is 42.6 Å². The van der Waals surface area contributed by atoms with Gasteiger partial charge in [-0.2, -0.15) is 0 Å². The van der Waals surface area contributed by atoms with Gasteiger partial charge in [-0.05, 0) is 0 Å². The molecule has 0 bridgehead atoms. The zero-order valence-corrected chi connectivity index (χ0v) is 33.2. The highest BCUT2D eigenvalue weighted by molar-refractivity contribution is 5.73. The van der Waals surface area contributed by atoms with E-state index in [-0.39, 0.29) is 0 Å². The lowest BCUT2D eigenvalue weighted by Gasteiger charge is -2.50. The summed E-state index contributed by atoms with van der Waals surface area (Å²) in [6.45, 7) is -2.31. The zero-order chi connectivity index (χ0) is 45.9. The van der Waals surface area contributed by atoms with E-state index in [9.17, 15) is 86.2 Å². The first-order chi connectivity index (χ1) is 29.3. The van der Waals surface area contributed by atoms with Crippen LogP contribution in [0.2, 0.25) is 0 Å². The molecule has 28 heteroatoms. The van der Waals surface area contributed by atoms with Crippen molar-refractivity contribution in [1.29, 1.82) is 0 Å². The third kappa shape index (κ3) is 11.0. The number of amides is 2. The normalized spacial score (nSPS) is 49.0. The fourth-order valence-corrected chi connectivity index (χ4v) is 7.73.